The molecular weight excluding hydrogens is 264 g/mol. The molecule has 6 heteroatoms. The number of halogens is 1. The van der Waals surface area contributed by atoms with E-state index < -0.39 is 0 Å². The number of nitrogens with one attached hydrogen (secondary N) is 1. The predicted octanol–water partition coefficient (Wildman–Crippen LogP) is 1.35. The minimum atomic E-state index is -0.00935. The lowest BCUT2D eigenvalue weighted by molar-refractivity contribution is 0.0673. The lowest BCUT2D eigenvalue weighted by Crippen LogP contribution is -2.42. The molecular formula is C13H19ClN4O. The molecule has 2 aliphatic heterocycles. The van der Waals surface area contributed by atoms with Crippen LogP contribution in [0.2, 0.25) is 5.02 Å². The van der Waals surface area contributed by atoms with E-state index in [1.807, 2.05) is 18.9 Å². The average molecular weight is 283 g/mol. The van der Waals surface area contributed by atoms with E-state index >= 15 is 0 Å². The molecule has 0 aliphatic carbocycles. The van der Waals surface area contributed by atoms with Crippen LogP contribution >= 0.6 is 11.6 Å². The van der Waals surface area contributed by atoms with Crippen LogP contribution in [0.1, 0.15) is 35.4 Å². The van der Waals surface area contributed by atoms with Gasteiger partial charge in [-0.1, -0.05) is 11.6 Å². The largest absolute Gasteiger partial charge is 0.330 e. The fourth-order valence-electron chi connectivity index (χ4n) is 3.16. The molecule has 3 heterocycles. The van der Waals surface area contributed by atoms with Gasteiger partial charge in [-0.05, 0) is 32.7 Å². The van der Waals surface area contributed by atoms with Crippen molar-refractivity contribution in [2.75, 3.05) is 13.1 Å². The molecule has 2 bridgehead atoms. The molecule has 2 aliphatic rings. The molecule has 0 saturated carbocycles. The second kappa shape index (κ2) is 4.80. The van der Waals surface area contributed by atoms with E-state index in [4.69, 9.17) is 11.6 Å². The first-order valence-corrected chi connectivity index (χ1v) is 7.20. The molecule has 0 radical (unpaired) electrons. The van der Waals surface area contributed by atoms with Gasteiger partial charge in [0.1, 0.15) is 0 Å². The van der Waals surface area contributed by atoms with Crippen LogP contribution in [0.3, 0.4) is 0 Å². The zero-order valence-corrected chi connectivity index (χ0v) is 12.1. The first-order chi connectivity index (χ1) is 9.09. The molecule has 0 spiro atoms. The summed E-state index contributed by atoms with van der Waals surface area (Å²) in [5.41, 5.74) is 1.24. The van der Waals surface area contributed by atoms with E-state index in [-0.39, 0.29) is 5.91 Å². The molecule has 2 fully saturated rings. The van der Waals surface area contributed by atoms with Gasteiger partial charge in [-0.15, -0.1) is 0 Å². The molecule has 2 saturated heterocycles. The summed E-state index contributed by atoms with van der Waals surface area (Å²) >= 11 is 6.24. The Morgan fingerprint density at radius 1 is 1.37 bits per heavy atom. The Morgan fingerprint density at radius 2 is 2.11 bits per heavy atom. The lowest BCUT2D eigenvalue weighted by atomic mass is 10.1. The number of aryl methyl sites for hydroxylation is 1. The van der Waals surface area contributed by atoms with Crippen LogP contribution < -0.4 is 5.32 Å². The normalized spacial score (nSPS) is 26.6. The van der Waals surface area contributed by atoms with Crippen LogP contribution in [0, 0.1) is 6.92 Å². The quantitative estimate of drug-likeness (QED) is 0.846. The maximum atomic E-state index is 12.7. The molecule has 3 rings (SSSR count). The fraction of sp³-hybridized carbons (Fsp3) is 0.692. The van der Waals surface area contributed by atoms with E-state index in [1.165, 1.54) is 0 Å². The standard InChI is InChI=1S/C13H19ClN4O/c1-8-11(14)12(16-17(8)2)13(19)18-9-3-4-10(18)7-15-6-5-9/h9-10,15H,3-7H2,1-2H3/t9-,10+/m1/s1. The number of carbonyl (C=O) groups is 1. The molecule has 1 aromatic heterocycles. The van der Waals surface area contributed by atoms with Crippen LogP contribution in [0.5, 0.6) is 0 Å². The summed E-state index contributed by atoms with van der Waals surface area (Å²) in [7, 11) is 1.82. The Bertz CT molecular complexity index is 499. The number of rotatable bonds is 1. The summed E-state index contributed by atoms with van der Waals surface area (Å²) in [6.45, 7) is 3.75. The number of aromatic nitrogens is 2. The summed E-state index contributed by atoms with van der Waals surface area (Å²) in [5.74, 6) is -0.00935. The zero-order valence-electron chi connectivity index (χ0n) is 11.3. The summed E-state index contributed by atoms with van der Waals surface area (Å²) in [4.78, 5) is 14.7. The summed E-state index contributed by atoms with van der Waals surface area (Å²) in [5, 5.41) is 8.17. The first kappa shape index (κ1) is 12.9. The lowest BCUT2D eigenvalue weighted by Gasteiger charge is -2.27. The molecule has 19 heavy (non-hydrogen) atoms. The van der Waals surface area contributed by atoms with E-state index in [0.29, 0.717) is 22.8 Å². The van der Waals surface area contributed by atoms with Crippen molar-refractivity contribution in [3.63, 3.8) is 0 Å². The average Bonchev–Trinajstić information content (AvgIpc) is 2.79. The predicted molar refractivity (Wildman–Crippen MR) is 73.4 cm³/mol. The van der Waals surface area contributed by atoms with Gasteiger partial charge in [0.25, 0.3) is 5.91 Å². The number of hydrogen-bond acceptors (Lipinski definition) is 3. The van der Waals surface area contributed by atoms with Gasteiger partial charge in [0, 0.05) is 25.7 Å². The van der Waals surface area contributed by atoms with Crippen molar-refractivity contribution in [2.45, 2.75) is 38.3 Å². The number of hydrogen-bond donors (Lipinski definition) is 1. The Balaban J connectivity index is 1.93. The molecule has 2 atom stereocenters. The molecule has 104 valence electrons. The third-order valence-corrected chi connectivity index (χ3v) is 4.80. The van der Waals surface area contributed by atoms with Gasteiger partial charge >= 0.3 is 0 Å². The van der Waals surface area contributed by atoms with Crippen LogP contribution in [-0.4, -0.2) is 45.8 Å². The second-order valence-electron chi connectivity index (χ2n) is 5.46. The second-order valence-corrected chi connectivity index (χ2v) is 5.84. The Hall–Kier alpha value is -1.07. The van der Waals surface area contributed by atoms with E-state index in [2.05, 4.69) is 10.4 Å². The third-order valence-electron chi connectivity index (χ3n) is 4.35. The van der Waals surface area contributed by atoms with Crippen molar-refractivity contribution in [3.8, 4) is 0 Å². The SMILES string of the molecule is Cc1c(Cl)c(C(=O)N2[C@H]3CCNC[C@@H]2CC3)nn1C. The molecule has 1 aromatic rings. The number of carbonyl (C=O) groups excluding carboxylic acids is 1. The molecule has 5 nitrogen and oxygen atoms in total. The third kappa shape index (κ3) is 2.05. The Kier molecular flexibility index (Phi) is 3.27. The maximum Gasteiger partial charge on any atom is 0.276 e. The van der Waals surface area contributed by atoms with Gasteiger partial charge in [0.2, 0.25) is 0 Å². The van der Waals surface area contributed by atoms with Crippen LogP contribution in [-0.2, 0) is 7.05 Å². The highest BCUT2D eigenvalue weighted by Crippen LogP contribution is 2.31. The molecule has 0 unspecified atom stereocenters. The highest BCUT2D eigenvalue weighted by molar-refractivity contribution is 6.34. The van der Waals surface area contributed by atoms with Gasteiger partial charge in [0.15, 0.2) is 5.69 Å². The van der Waals surface area contributed by atoms with Crippen molar-refractivity contribution in [2.24, 2.45) is 7.05 Å². The minimum Gasteiger partial charge on any atom is -0.330 e. The van der Waals surface area contributed by atoms with Gasteiger partial charge in [-0.25, -0.2) is 0 Å². The Labute approximate surface area is 117 Å². The van der Waals surface area contributed by atoms with Crippen LogP contribution in [0.25, 0.3) is 0 Å². The van der Waals surface area contributed by atoms with Crippen LogP contribution in [0.15, 0.2) is 0 Å². The number of fused-ring (bicyclic) bond motifs is 2. The summed E-state index contributed by atoms with van der Waals surface area (Å²) in [6.07, 6.45) is 3.19. The topological polar surface area (TPSA) is 50.2 Å². The highest BCUT2D eigenvalue weighted by atomic mass is 35.5. The minimum absolute atomic E-state index is 0.00935. The first-order valence-electron chi connectivity index (χ1n) is 6.82. The highest BCUT2D eigenvalue weighted by Gasteiger charge is 2.40. The maximum absolute atomic E-state index is 12.7. The van der Waals surface area contributed by atoms with Gasteiger partial charge < -0.3 is 10.2 Å². The van der Waals surface area contributed by atoms with Gasteiger partial charge in [0.05, 0.1) is 10.7 Å². The monoisotopic (exact) mass is 282 g/mol. The number of nitrogens with zero attached hydrogens (tertiary/aromatic N) is 3. The zero-order chi connectivity index (χ0) is 13.6. The molecule has 1 N–H and O–H groups in total. The van der Waals surface area contributed by atoms with Crippen molar-refractivity contribution < 1.29 is 4.79 Å². The van der Waals surface area contributed by atoms with Crippen molar-refractivity contribution in [3.05, 3.63) is 16.4 Å². The van der Waals surface area contributed by atoms with E-state index in [9.17, 15) is 4.79 Å². The van der Waals surface area contributed by atoms with E-state index in [0.717, 1.165) is 38.0 Å². The Morgan fingerprint density at radius 3 is 2.79 bits per heavy atom. The van der Waals surface area contributed by atoms with Crippen molar-refractivity contribution in [1.82, 2.24) is 20.0 Å². The summed E-state index contributed by atoms with van der Waals surface area (Å²) in [6, 6.07) is 0.629. The van der Waals surface area contributed by atoms with E-state index in [1.54, 1.807) is 4.68 Å². The smallest absolute Gasteiger partial charge is 0.276 e. The fourth-order valence-corrected chi connectivity index (χ4v) is 3.40. The molecule has 1 amide bonds. The number of amides is 1. The molecule has 0 aromatic carbocycles. The van der Waals surface area contributed by atoms with Crippen molar-refractivity contribution in [1.29, 1.82) is 0 Å². The van der Waals surface area contributed by atoms with Crippen molar-refractivity contribution >= 4 is 17.5 Å². The van der Waals surface area contributed by atoms with Crippen LogP contribution in [0.4, 0.5) is 0 Å². The van der Waals surface area contributed by atoms with Gasteiger partial charge in [-0.3, -0.25) is 9.48 Å². The van der Waals surface area contributed by atoms with Gasteiger partial charge in [-0.2, -0.15) is 5.10 Å². The summed E-state index contributed by atoms with van der Waals surface area (Å²) < 4.78 is 1.67.